The Morgan fingerprint density at radius 2 is 2.30 bits per heavy atom. The average molecular weight is 403 g/mol. The fourth-order valence-electron chi connectivity index (χ4n) is 2.93. The number of likely N-dealkylation sites (tertiary alicyclic amines) is 1. The number of nitriles is 1. The first-order chi connectivity index (χ1) is 13.1. The van der Waals surface area contributed by atoms with Crippen LogP contribution in [0.15, 0.2) is 34.0 Å². The molecular formula is C18H18N4O3S2. The minimum absolute atomic E-state index is 0.0537. The van der Waals surface area contributed by atoms with Gasteiger partial charge in [0.25, 0.3) is 0 Å². The molecule has 1 aromatic heterocycles. The van der Waals surface area contributed by atoms with E-state index in [9.17, 15) is 9.59 Å². The summed E-state index contributed by atoms with van der Waals surface area (Å²) in [5.74, 6) is -0.248. The number of aromatic nitrogens is 1. The van der Waals surface area contributed by atoms with Crippen molar-refractivity contribution in [3.05, 3.63) is 40.9 Å². The highest BCUT2D eigenvalue weighted by atomic mass is 32.2. The number of carbonyl (C=O) groups excluding carboxylic acids is 1. The van der Waals surface area contributed by atoms with Gasteiger partial charge in [-0.15, -0.1) is 11.3 Å². The maximum Gasteiger partial charge on any atom is 0.355 e. The van der Waals surface area contributed by atoms with Gasteiger partial charge in [0.05, 0.1) is 11.3 Å². The largest absolute Gasteiger partial charge is 0.476 e. The van der Waals surface area contributed by atoms with Crippen LogP contribution in [0, 0.1) is 11.3 Å². The molecule has 1 fully saturated rings. The van der Waals surface area contributed by atoms with Gasteiger partial charge >= 0.3 is 5.97 Å². The van der Waals surface area contributed by atoms with Gasteiger partial charge in [-0.25, -0.2) is 9.78 Å². The molecule has 7 nitrogen and oxygen atoms in total. The van der Waals surface area contributed by atoms with Crippen LogP contribution in [0.5, 0.6) is 0 Å². The topological polar surface area (TPSA) is 106 Å². The number of nitrogens with zero attached hydrogens (tertiary/aromatic N) is 3. The number of amides is 1. The van der Waals surface area contributed by atoms with Gasteiger partial charge in [-0.1, -0.05) is 23.9 Å². The molecule has 1 aliphatic rings. The molecule has 0 radical (unpaired) electrons. The van der Waals surface area contributed by atoms with E-state index in [4.69, 9.17) is 10.4 Å². The molecular weight excluding hydrogens is 384 g/mol. The van der Waals surface area contributed by atoms with Gasteiger partial charge in [0.1, 0.15) is 6.07 Å². The van der Waals surface area contributed by atoms with E-state index < -0.39 is 5.97 Å². The van der Waals surface area contributed by atoms with E-state index in [1.54, 1.807) is 6.07 Å². The fourth-order valence-corrected chi connectivity index (χ4v) is 4.74. The van der Waals surface area contributed by atoms with Gasteiger partial charge < -0.3 is 15.3 Å². The highest BCUT2D eigenvalue weighted by Gasteiger charge is 2.30. The van der Waals surface area contributed by atoms with E-state index in [0.29, 0.717) is 35.2 Å². The maximum atomic E-state index is 12.2. The molecule has 0 aliphatic carbocycles. The highest BCUT2D eigenvalue weighted by Crippen LogP contribution is 2.25. The van der Waals surface area contributed by atoms with Crippen LogP contribution in [0.4, 0.5) is 5.69 Å². The Morgan fingerprint density at radius 3 is 3.04 bits per heavy atom. The lowest BCUT2D eigenvalue weighted by molar-refractivity contribution is -0.128. The average Bonchev–Trinajstić information content (AvgIpc) is 3.28. The van der Waals surface area contributed by atoms with E-state index in [1.807, 2.05) is 23.1 Å². The number of benzene rings is 1. The number of carboxylic acid groups (broad SMARTS) is 1. The van der Waals surface area contributed by atoms with Gasteiger partial charge in [-0.3, -0.25) is 4.79 Å². The molecule has 0 spiro atoms. The molecule has 1 amide bonds. The SMILES string of the molecule is N#Cc1ccccc1NCC1CCC(=O)N1CCSc1nc(C(=O)O)cs1. The third-order valence-electron chi connectivity index (χ3n) is 4.29. The Balaban J connectivity index is 1.53. The van der Waals surface area contributed by atoms with Crippen LogP contribution in [0.25, 0.3) is 0 Å². The Kier molecular flexibility index (Phi) is 6.32. The number of thiazole rings is 1. The van der Waals surface area contributed by atoms with Gasteiger partial charge in [0, 0.05) is 36.7 Å². The summed E-state index contributed by atoms with van der Waals surface area (Å²) in [5.41, 5.74) is 1.41. The lowest BCUT2D eigenvalue weighted by Crippen LogP contribution is -2.39. The molecule has 1 atom stereocenters. The standard InChI is InChI=1S/C18H18N4O3S2/c19-9-12-3-1-2-4-14(12)20-10-13-5-6-16(23)22(13)7-8-26-18-21-15(11-27-18)17(24)25/h1-4,11,13,20H,5-8,10H2,(H,24,25). The van der Waals surface area contributed by atoms with Gasteiger partial charge in [-0.05, 0) is 18.6 Å². The summed E-state index contributed by atoms with van der Waals surface area (Å²) in [7, 11) is 0. The molecule has 9 heteroatoms. The van der Waals surface area contributed by atoms with E-state index >= 15 is 0 Å². The van der Waals surface area contributed by atoms with Crippen LogP contribution < -0.4 is 5.32 Å². The van der Waals surface area contributed by atoms with E-state index in [0.717, 1.165) is 12.1 Å². The van der Waals surface area contributed by atoms with Gasteiger partial charge in [0.15, 0.2) is 10.0 Å². The molecule has 140 valence electrons. The fraction of sp³-hybridized carbons (Fsp3) is 0.333. The Labute approximate surface area is 165 Å². The lowest BCUT2D eigenvalue weighted by Gasteiger charge is -2.25. The van der Waals surface area contributed by atoms with Crippen LogP contribution in [0.3, 0.4) is 0 Å². The van der Waals surface area contributed by atoms with Gasteiger partial charge in [0.2, 0.25) is 5.91 Å². The van der Waals surface area contributed by atoms with Crippen LogP contribution in [-0.2, 0) is 4.79 Å². The molecule has 27 heavy (non-hydrogen) atoms. The monoisotopic (exact) mass is 402 g/mol. The highest BCUT2D eigenvalue weighted by molar-refractivity contribution is 8.01. The first-order valence-electron chi connectivity index (χ1n) is 8.42. The molecule has 0 saturated carbocycles. The number of nitrogens with one attached hydrogen (secondary N) is 1. The second-order valence-corrected chi connectivity index (χ2v) is 8.17. The van der Waals surface area contributed by atoms with Crippen LogP contribution >= 0.6 is 23.1 Å². The number of aromatic carboxylic acids is 1. The lowest BCUT2D eigenvalue weighted by atomic mass is 10.1. The summed E-state index contributed by atoms with van der Waals surface area (Å²) in [6, 6.07) is 9.55. The van der Waals surface area contributed by atoms with E-state index in [1.165, 1.54) is 28.5 Å². The zero-order chi connectivity index (χ0) is 19.2. The molecule has 2 heterocycles. The Hall–Kier alpha value is -2.57. The third kappa shape index (κ3) is 4.78. The Morgan fingerprint density at radius 1 is 1.48 bits per heavy atom. The number of carboxylic acids is 1. The smallest absolute Gasteiger partial charge is 0.355 e. The molecule has 2 N–H and O–H groups in total. The number of para-hydroxylation sites is 1. The molecule has 0 bridgehead atoms. The van der Waals surface area contributed by atoms with Crippen molar-refractivity contribution in [3.8, 4) is 6.07 Å². The van der Waals surface area contributed by atoms with Crippen molar-refractivity contribution in [2.45, 2.75) is 23.2 Å². The van der Waals surface area contributed by atoms with Crippen LogP contribution in [-0.4, -0.2) is 51.8 Å². The predicted octanol–water partition coefficient (Wildman–Crippen LogP) is 2.91. The zero-order valence-corrected chi connectivity index (χ0v) is 16.1. The summed E-state index contributed by atoms with van der Waals surface area (Å²) in [6.07, 6.45) is 1.31. The second kappa shape index (κ2) is 8.88. The molecule has 1 unspecified atom stereocenters. The van der Waals surface area contributed by atoms with Crippen molar-refractivity contribution in [1.82, 2.24) is 9.88 Å². The molecule has 3 rings (SSSR count). The summed E-state index contributed by atoms with van der Waals surface area (Å²) in [6.45, 7) is 1.17. The van der Waals surface area contributed by atoms with Crippen LogP contribution in [0.1, 0.15) is 28.9 Å². The van der Waals surface area contributed by atoms with Crippen molar-refractivity contribution in [1.29, 1.82) is 5.26 Å². The normalized spacial score (nSPS) is 16.3. The van der Waals surface area contributed by atoms with Gasteiger partial charge in [-0.2, -0.15) is 5.26 Å². The maximum absolute atomic E-state index is 12.2. The number of carbonyl (C=O) groups is 2. The van der Waals surface area contributed by atoms with Crippen molar-refractivity contribution in [2.75, 3.05) is 24.2 Å². The summed E-state index contributed by atoms with van der Waals surface area (Å²) in [5, 5.41) is 22.9. The van der Waals surface area contributed by atoms with Crippen molar-refractivity contribution in [3.63, 3.8) is 0 Å². The summed E-state index contributed by atoms with van der Waals surface area (Å²) in [4.78, 5) is 29.0. The minimum Gasteiger partial charge on any atom is -0.476 e. The molecule has 1 saturated heterocycles. The molecule has 1 aromatic carbocycles. The first kappa shape index (κ1) is 19.2. The summed E-state index contributed by atoms with van der Waals surface area (Å²) >= 11 is 2.76. The zero-order valence-electron chi connectivity index (χ0n) is 14.4. The molecule has 1 aliphatic heterocycles. The quantitative estimate of drug-likeness (QED) is 0.654. The predicted molar refractivity (Wildman–Crippen MR) is 104 cm³/mol. The summed E-state index contributed by atoms with van der Waals surface area (Å²) < 4.78 is 0.691. The van der Waals surface area contributed by atoms with Crippen molar-refractivity contribution in [2.24, 2.45) is 0 Å². The van der Waals surface area contributed by atoms with Crippen molar-refractivity contribution < 1.29 is 14.7 Å². The van der Waals surface area contributed by atoms with E-state index in [2.05, 4.69) is 16.4 Å². The number of hydrogen-bond acceptors (Lipinski definition) is 7. The third-order valence-corrected chi connectivity index (χ3v) is 6.29. The minimum atomic E-state index is -1.03. The van der Waals surface area contributed by atoms with E-state index in [-0.39, 0.29) is 17.6 Å². The molecule has 2 aromatic rings. The number of thioether (sulfide) groups is 1. The number of rotatable bonds is 8. The number of hydrogen-bond donors (Lipinski definition) is 2. The second-order valence-electron chi connectivity index (χ2n) is 5.97. The first-order valence-corrected chi connectivity index (χ1v) is 10.3. The van der Waals surface area contributed by atoms with Crippen molar-refractivity contribution >= 4 is 40.7 Å². The Bertz CT molecular complexity index is 877. The number of anilines is 1. The van der Waals surface area contributed by atoms with Crippen LogP contribution in [0.2, 0.25) is 0 Å².